The number of unbranched alkanes of at least 4 members (excludes halogenated alkanes) is 2. The second kappa shape index (κ2) is 17.5. The molecule has 0 amide bonds. The number of aliphatic hydroxyl groups excluding tert-OH is 1. The molecule has 45 heavy (non-hydrogen) atoms. The van der Waals surface area contributed by atoms with Gasteiger partial charge in [0.05, 0.1) is 25.4 Å². The van der Waals surface area contributed by atoms with Crippen molar-refractivity contribution in [2.45, 2.75) is 97.3 Å². The van der Waals surface area contributed by atoms with E-state index in [0.29, 0.717) is 30.4 Å². The number of benzene rings is 2. The lowest BCUT2D eigenvalue weighted by atomic mass is 9.68. The Hall–Kier alpha value is -3.18. The molecule has 0 aliphatic heterocycles. The van der Waals surface area contributed by atoms with Gasteiger partial charge >= 0.3 is 11.9 Å². The summed E-state index contributed by atoms with van der Waals surface area (Å²) in [5.74, 6) is 1.40. The fourth-order valence-corrected chi connectivity index (χ4v) is 7.37. The number of carbonyl (C=O) groups excluding carboxylic acids is 2. The fraction of sp³-hybridized carbons (Fsp3) is 0.550. The summed E-state index contributed by atoms with van der Waals surface area (Å²) < 4.78 is 10.8. The molecule has 244 valence electrons. The van der Waals surface area contributed by atoms with Gasteiger partial charge in [0.15, 0.2) is 0 Å². The van der Waals surface area contributed by atoms with Crippen molar-refractivity contribution in [1.82, 2.24) is 0 Å². The van der Waals surface area contributed by atoms with Gasteiger partial charge in [-0.3, -0.25) is 0 Å². The first kappa shape index (κ1) is 34.7. The van der Waals surface area contributed by atoms with Crippen LogP contribution in [0.5, 0.6) is 0 Å². The Kier molecular flexibility index (Phi) is 13.5. The monoisotopic (exact) mass is 614 g/mol. The fourth-order valence-electron chi connectivity index (χ4n) is 7.37. The maximum atomic E-state index is 12.0. The van der Waals surface area contributed by atoms with E-state index < -0.39 is 12.6 Å². The van der Waals surface area contributed by atoms with Crippen molar-refractivity contribution in [3.63, 3.8) is 0 Å². The summed E-state index contributed by atoms with van der Waals surface area (Å²) in [6.07, 6.45) is 17.3. The quantitative estimate of drug-likeness (QED) is 0.116. The van der Waals surface area contributed by atoms with Crippen molar-refractivity contribution in [3.05, 3.63) is 77.9 Å². The second-order valence-electron chi connectivity index (χ2n) is 13.4. The molecule has 5 heteroatoms. The maximum absolute atomic E-state index is 12.0. The third kappa shape index (κ3) is 10.2. The lowest BCUT2D eigenvalue weighted by Gasteiger charge is -2.38. The number of fused-ring (bicyclic) bond motifs is 1. The molecule has 0 bridgehead atoms. The topological polar surface area (TPSA) is 72.8 Å². The summed E-state index contributed by atoms with van der Waals surface area (Å²) >= 11 is 0. The Morgan fingerprint density at radius 2 is 1.58 bits per heavy atom. The largest absolute Gasteiger partial charge is 0.462 e. The van der Waals surface area contributed by atoms with E-state index in [0.717, 1.165) is 43.9 Å². The molecule has 0 spiro atoms. The molecule has 2 aliphatic rings. The third-order valence-corrected chi connectivity index (χ3v) is 10.2. The molecule has 2 unspecified atom stereocenters. The van der Waals surface area contributed by atoms with Crippen LogP contribution in [0.15, 0.2) is 66.8 Å². The van der Waals surface area contributed by atoms with Gasteiger partial charge < -0.3 is 14.6 Å². The molecule has 2 aromatic rings. The van der Waals surface area contributed by atoms with E-state index in [2.05, 4.69) is 62.6 Å². The van der Waals surface area contributed by atoms with E-state index in [9.17, 15) is 9.59 Å². The van der Waals surface area contributed by atoms with Gasteiger partial charge in [-0.1, -0.05) is 69.3 Å². The minimum Gasteiger partial charge on any atom is -0.462 e. The smallest absolute Gasteiger partial charge is 0.335 e. The molecule has 1 fully saturated rings. The average molecular weight is 615 g/mol. The molecule has 0 radical (unpaired) electrons. The van der Waals surface area contributed by atoms with E-state index in [-0.39, 0.29) is 18.1 Å². The number of esters is 2. The van der Waals surface area contributed by atoms with Crippen LogP contribution in [-0.4, -0.2) is 36.9 Å². The summed E-state index contributed by atoms with van der Waals surface area (Å²) in [6.45, 7) is 11.4. The highest BCUT2D eigenvalue weighted by Gasteiger charge is 2.32. The molecule has 2 aliphatic carbocycles. The molecule has 0 aromatic heterocycles. The maximum Gasteiger partial charge on any atom is 0.335 e. The number of hydrogen-bond acceptors (Lipinski definition) is 5. The normalized spacial score (nSPS) is 20.7. The van der Waals surface area contributed by atoms with E-state index in [1.807, 2.05) is 0 Å². The van der Waals surface area contributed by atoms with E-state index in [1.54, 1.807) is 6.92 Å². The number of aryl methyl sites for hydroxylation is 1. The molecule has 0 saturated heterocycles. The van der Waals surface area contributed by atoms with Crippen LogP contribution < -0.4 is 0 Å². The minimum atomic E-state index is -0.547. The first-order chi connectivity index (χ1) is 21.8. The van der Waals surface area contributed by atoms with Crippen molar-refractivity contribution in [1.29, 1.82) is 0 Å². The van der Waals surface area contributed by atoms with E-state index >= 15 is 0 Å². The van der Waals surface area contributed by atoms with Crippen LogP contribution in [-0.2, 0) is 25.5 Å². The summed E-state index contributed by atoms with van der Waals surface area (Å²) in [5, 5.41) is 11.8. The van der Waals surface area contributed by atoms with Gasteiger partial charge in [0.1, 0.15) is 0 Å². The van der Waals surface area contributed by atoms with Crippen molar-refractivity contribution in [2.24, 2.45) is 23.7 Å². The van der Waals surface area contributed by atoms with Crippen LogP contribution in [0, 0.1) is 23.7 Å². The molecule has 5 nitrogen and oxygen atoms in total. The van der Waals surface area contributed by atoms with E-state index in [4.69, 9.17) is 14.6 Å². The molecule has 4 rings (SSSR count). The molecular formula is C40H54O5. The molecule has 1 N–H and O–H groups in total. The zero-order chi connectivity index (χ0) is 32.2. The number of ether oxygens (including phenoxy) is 2. The third-order valence-electron chi connectivity index (χ3n) is 10.2. The minimum absolute atomic E-state index is 0.0690. The van der Waals surface area contributed by atoms with Crippen LogP contribution >= 0.6 is 0 Å². The average Bonchev–Trinajstić information content (AvgIpc) is 3.07. The lowest BCUT2D eigenvalue weighted by molar-refractivity contribution is -0.140. The Bertz CT molecular complexity index is 1350. The predicted molar refractivity (Wildman–Crippen MR) is 184 cm³/mol. The highest BCUT2D eigenvalue weighted by atomic mass is 16.5. The van der Waals surface area contributed by atoms with Crippen LogP contribution in [0.2, 0.25) is 0 Å². The predicted octanol–water partition coefficient (Wildman–Crippen LogP) is 9.17. The second-order valence-corrected chi connectivity index (χ2v) is 13.4. The zero-order valence-electron chi connectivity index (χ0n) is 27.7. The zero-order valence-corrected chi connectivity index (χ0v) is 27.7. The number of carbonyl (C=O) groups is 2. The van der Waals surface area contributed by atoms with Gasteiger partial charge in [0, 0.05) is 5.57 Å². The standard InChI is InChI=1S/C40H54O5/c1-5-6-7-8-30-9-10-38-26-37(20-19-36(38)25-30)34-17-15-32(16-18-34)31-11-13-33(14-12-31)35(21-23-44-39(42)28(2)3)22-24-45-40(43)29(4)27-41/h9-10,17,19-20,25-26,31-33,35,41H,2,4-8,11-16,18,21-24,27H2,1,3H3. The van der Waals surface area contributed by atoms with Gasteiger partial charge in [0.2, 0.25) is 0 Å². The molecule has 2 aromatic carbocycles. The first-order valence-electron chi connectivity index (χ1n) is 17.3. The number of allylic oxidation sites excluding steroid dienone is 2. The summed E-state index contributed by atoms with van der Waals surface area (Å²) in [5.41, 5.74) is 4.79. The molecular weight excluding hydrogens is 560 g/mol. The number of aliphatic hydroxyl groups is 1. The van der Waals surface area contributed by atoms with E-state index in [1.165, 1.54) is 72.4 Å². The van der Waals surface area contributed by atoms with Crippen molar-refractivity contribution >= 4 is 28.3 Å². The van der Waals surface area contributed by atoms with Crippen LogP contribution in [0.25, 0.3) is 16.3 Å². The first-order valence-corrected chi connectivity index (χ1v) is 17.3. The van der Waals surface area contributed by atoms with Gasteiger partial charge in [-0.15, -0.1) is 0 Å². The molecule has 0 heterocycles. The number of rotatable bonds is 16. The summed E-state index contributed by atoms with van der Waals surface area (Å²) in [4.78, 5) is 23.9. The SMILES string of the molecule is C=C(C)C(=O)OCCC(CCOC(=O)C(=C)CO)C1CCC(C2CC=C(c3ccc4cc(CCCCC)ccc4c3)CC2)CC1. The Morgan fingerprint density at radius 1 is 0.889 bits per heavy atom. The van der Waals surface area contributed by atoms with Gasteiger partial charge in [-0.2, -0.15) is 0 Å². The van der Waals surface area contributed by atoms with Gasteiger partial charge in [-0.25, -0.2) is 9.59 Å². The highest BCUT2D eigenvalue weighted by Crippen LogP contribution is 2.44. The Labute approximate surface area is 270 Å². The summed E-state index contributed by atoms with van der Waals surface area (Å²) in [7, 11) is 0. The summed E-state index contributed by atoms with van der Waals surface area (Å²) in [6, 6.07) is 14.0. The molecule has 2 atom stereocenters. The van der Waals surface area contributed by atoms with Gasteiger partial charge in [0.25, 0.3) is 0 Å². The number of hydrogen-bond donors (Lipinski definition) is 1. The van der Waals surface area contributed by atoms with Crippen molar-refractivity contribution in [3.8, 4) is 0 Å². The molecule has 1 saturated carbocycles. The van der Waals surface area contributed by atoms with Crippen LogP contribution in [0.3, 0.4) is 0 Å². The Balaban J connectivity index is 1.29. The Morgan fingerprint density at radius 3 is 2.22 bits per heavy atom. The van der Waals surface area contributed by atoms with Crippen molar-refractivity contribution < 1.29 is 24.2 Å². The van der Waals surface area contributed by atoms with Crippen LogP contribution in [0.1, 0.15) is 102 Å². The van der Waals surface area contributed by atoms with Crippen LogP contribution in [0.4, 0.5) is 0 Å². The highest BCUT2D eigenvalue weighted by molar-refractivity contribution is 5.88. The van der Waals surface area contributed by atoms with Crippen molar-refractivity contribution in [2.75, 3.05) is 19.8 Å². The van der Waals surface area contributed by atoms with Gasteiger partial charge in [-0.05, 0) is 135 Å². The lowest BCUT2D eigenvalue weighted by Crippen LogP contribution is -2.28.